The zero-order valence-corrected chi connectivity index (χ0v) is 10.4. The first-order valence-electron chi connectivity index (χ1n) is 6.19. The summed E-state index contributed by atoms with van der Waals surface area (Å²) >= 11 is 0. The van der Waals surface area contributed by atoms with Crippen LogP contribution in [0.25, 0.3) is 0 Å². The normalized spacial score (nSPS) is 18.1. The summed E-state index contributed by atoms with van der Waals surface area (Å²) in [5.74, 6) is -0.779. The number of hydrogen-bond donors (Lipinski definition) is 2. The quantitative estimate of drug-likeness (QED) is 0.683. The van der Waals surface area contributed by atoms with Gasteiger partial charge in [-0.15, -0.1) is 5.10 Å². The second-order valence-corrected chi connectivity index (χ2v) is 4.44. The van der Waals surface area contributed by atoms with Crippen LogP contribution in [0.5, 0.6) is 0 Å². The van der Waals surface area contributed by atoms with Crippen molar-refractivity contribution in [2.75, 3.05) is 6.54 Å². The molecule has 8 heteroatoms. The van der Waals surface area contributed by atoms with E-state index in [1.54, 1.807) is 10.9 Å². The summed E-state index contributed by atoms with van der Waals surface area (Å²) in [4.78, 5) is 21.2. The summed E-state index contributed by atoms with van der Waals surface area (Å²) in [7, 11) is 0. The van der Waals surface area contributed by atoms with Crippen molar-refractivity contribution in [3.63, 3.8) is 0 Å². The fraction of sp³-hybridized carbons (Fsp3) is 0.636. The molecule has 0 radical (unpaired) electrons. The first-order chi connectivity index (χ1) is 9.13. The number of amides is 1. The zero-order chi connectivity index (χ0) is 13.7. The molecule has 8 nitrogen and oxygen atoms in total. The Morgan fingerprint density at radius 1 is 1.58 bits per heavy atom. The Balaban J connectivity index is 1.72. The number of carbonyl (C=O) groups is 2. The van der Waals surface area contributed by atoms with Gasteiger partial charge in [0.25, 0.3) is 0 Å². The number of ether oxygens (including phenoxy) is 1. The average molecular weight is 268 g/mol. The van der Waals surface area contributed by atoms with Gasteiger partial charge in [0.15, 0.2) is 0 Å². The molecule has 1 amide bonds. The van der Waals surface area contributed by atoms with E-state index in [9.17, 15) is 9.59 Å². The van der Waals surface area contributed by atoms with Gasteiger partial charge in [-0.1, -0.05) is 5.21 Å². The number of aromatic nitrogens is 3. The summed E-state index contributed by atoms with van der Waals surface area (Å²) in [6.45, 7) is 0.952. The first kappa shape index (κ1) is 13.3. The monoisotopic (exact) mass is 268 g/mol. The highest BCUT2D eigenvalue weighted by molar-refractivity contribution is 5.69. The molecule has 0 saturated carbocycles. The molecule has 0 aliphatic carbocycles. The van der Waals surface area contributed by atoms with Crippen molar-refractivity contribution in [2.24, 2.45) is 0 Å². The highest BCUT2D eigenvalue weighted by Crippen LogP contribution is 2.06. The molecule has 1 aromatic heterocycles. The Morgan fingerprint density at radius 2 is 2.42 bits per heavy atom. The summed E-state index contributed by atoms with van der Waals surface area (Å²) in [5, 5.41) is 19.0. The Bertz CT molecular complexity index is 459. The van der Waals surface area contributed by atoms with Crippen LogP contribution in [0.4, 0.5) is 4.79 Å². The molecule has 19 heavy (non-hydrogen) atoms. The van der Waals surface area contributed by atoms with E-state index < -0.39 is 12.1 Å². The zero-order valence-electron chi connectivity index (χ0n) is 10.4. The van der Waals surface area contributed by atoms with Crippen molar-refractivity contribution < 1.29 is 19.4 Å². The van der Waals surface area contributed by atoms with Gasteiger partial charge in [0, 0.05) is 12.6 Å². The van der Waals surface area contributed by atoms with E-state index in [-0.39, 0.29) is 12.5 Å². The van der Waals surface area contributed by atoms with Gasteiger partial charge in [-0.05, 0) is 19.3 Å². The van der Waals surface area contributed by atoms with Gasteiger partial charge in [-0.2, -0.15) is 0 Å². The van der Waals surface area contributed by atoms with E-state index in [2.05, 4.69) is 15.6 Å². The van der Waals surface area contributed by atoms with Crippen LogP contribution >= 0.6 is 0 Å². The molecule has 0 bridgehead atoms. The van der Waals surface area contributed by atoms with Gasteiger partial charge in [-0.3, -0.25) is 4.79 Å². The minimum Gasteiger partial charge on any atom is -0.481 e. The smallest absolute Gasteiger partial charge is 0.407 e. The van der Waals surface area contributed by atoms with Crippen molar-refractivity contribution in [3.05, 3.63) is 11.9 Å². The maximum Gasteiger partial charge on any atom is 0.407 e. The largest absolute Gasteiger partial charge is 0.481 e. The fourth-order valence-corrected chi connectivity index (χ4v) is 1.87. The maximum atomic E-state index is 10.9. The van der Waals surface area contributed by atoms with E-state index in [0.29, 0.717) is 25.9 Å². The number of aryl methyl sites for hydroxylation is 1. The fourth-order valence-electron chi connectivity index (χ4n) is 1.87. The predicted molar refractivity (Wildman–Crippen MR) is 63.5 cm³/mol. The van der Waals surface area contributed by atoms with Crippen molar-refractivity contribution >= 4 is 12.1 Å². The second-order valence-electron chi connectivity index (χ2n) is 4.44. The van der Waals surface area contributed by atoms with Crippen LogP contribution in [-0.4, -0.2) is 44.8 Å². The highest BCUT2D eigenvalue weighted by Gasteiger charge is 2.23. The molecule has 1 aromatic rings. The summed E-state index contributed by atoms with van der Waals surface area (Å²) in [6, 6.07) is 0. The lowest BCUT2D eigenvalue weighted by Crippen LogP contribution is -2.20. The van der Waals surface area contributed by atoms with E-state index in [4.69, 9.17) is 9.84 Å². The summed E-state index contributed by atoms with van der Waals surface area (Å²) in [5.41, 5.74) is 0.822. The molecule has 1 unspecified atom stereocenters. The van der Waals surface area contributed by atoms with Crippen LogP contribution in [-0.2, 0) is 22.5 Å². The topological polar surface area (TPSA) is 106 Å². The third kappa shape index (κ3) is 4.23. The molecule has 1 aliphatic rings. The Morgan fingerprint density at radius 3 is 3.11 bits per heavy atom. The molecule has 2 rings (SSSR count). The highest BCUT2D eigenvalue weighted by atomic mass is 16.6. The molecule has 1 aliphatic heterocycles. The van der Waals surface area contributed by atoms with E-state index in [1.165, 1.54) is 0 Å². The maximum absolute atomic E-state index is 10.9. The van der Waals surface area contributed by atoms with Crippen LogP contribution in [0.2, 0.25) is 0 Å². The minimum atomic E-state index is -0.779. The first-order valence-corrected chi connectivity index (χ1v) is 6.19. The van der Waals surface area contributed by atoms with Crippen LogP contribution < -0.4 is 5.32 Å². The number of nitrogens with zero attached hydrogens (tertiary/aromatic N) is 3. The molecule has 2 N–H and O–H groups in total. The third-order valence-corrected chi connectivity index (χ3v) is 2.80. The Kier molecular flexibility index (Phi) is 4.32. The lowest BCUT2D eigenvalue weighted by molar-refractivity contribution is -0.137. The van der Waals surface area contributed by atoms with Gasteiger partial charge in [0.2, 0.25) is 0 Å². The number of alkyl carbamates (subject to hydrolysis) is 1. The molecule has 2 heterocycles. The number of nitrogens with one attached hydrogen (secondary N) is 1. The molecule has 1 fully saturated rings. The van der Waals surface area contributed by atoms with Gasteiger partial charge in [0.1, 0.15) is 6.10 Å². The van der Waals surface area contributed by atoms with E-state index in [0.717, 1.165) is 12.1 Å². The number of unbranched alkanes of at least 4 members (excludes halogenated alkanes) is 1. The van der Waals surface area contributed by atoms with Crippen LogP contribution in [0.3, 0.4) is 0 Å². The van der Waals surface area contributed by atoms with Gasteiger partial charge in [-0.25, -0.2) is 9.48 Å². The predicted octanol–water partition coefficient (Wildman–Crippen LogP) is 0.184. The lowest BCUT2D eigenvalue weighted by atomic mass is 10.1. The summed E-state index contributed by atoms with van der Waals surface area (Å²) in [6.07, 6.45) is 3.46. The summed E-state index contributed by atoms with van der Waals surface area (Å²) < 4.78 is 6.63. The molecule has 0 spiro atoms. The third-order valence-electron chi connectivity index (χ3n) is 2.80. The molecular formula is C11H16N4O4. The van der Waals surface area contributed by atoms with Crippen molar-refractivity contribution in [3.8, 4) is 0 Å². The molecular weight excluding hydrogens is 252 g/mol. The van der Waals surface area contributed by atoms with E-state index >= 15 is 0 Å². The number of carbonyl (C=O) groups excluding carboxylic acids is 1. The van der Waals surface area contributed by atoms with Crippen LogP contribution in [0.1, 0.15) is 25.0 Å². The number of cyclic esters (lactones) is 1. The van der Waals surface area contributed by atoms with Crippen LogP contribution in [0.15, 0.2) is 6.20 Å². The number of hydrogen-bond acceptors (Lipinski definition) is 5. The van der Waals surface area contributed by atoms with Crippen molar-refractivity contribution in [2.45, 2.75) is 38.3 Å². The standard InChI is InChI=1S/C11H16N4O4/c16-10(17)4-2-1-3-8-6-15(14-13-8)7-9-5-12-11(18)19-9/h6,9H,1-5,7H2,(H,12,18)(H,16,17). The van der Waals surface area contributed by atoms with Gasteiger partial charge >= 0.3 is 12.1 Å². The second kappa shape index (κ2) is 6.17. The molecule has 0 aromatic carbocycles. The SMILES string of the molecule is O=C(O)CCCCc1cn(CC2CNC(=O)O2)nn1. The number of carboxylic acid groups (broad SMARTS) is 1. The minimum absolute atomic E-state index is 0.178. The number of aliphatic carboxylic acids is 1. The number of carboxylic acids is 1. The molecule has 1 saturated heterocycles. The number of rotatable bonds is 7. The van der Waals surface area contributed by atoms with Crippen molar-refractivity contribution in [1.29, 1.82) is 0 Å². The van der Waals surface area contributed by atoms with E-state index in [1.807, 2.05) is 0 Å². The van der Waals surface area contributed by atoms with Crippen LogP contribution in [0, 0.1) is 0 Å². The lowest BCUT2D eigenvalue weighted by Gasteiger charge is -2.05. The van der Waals surface area contributed by atoms with Gasteiger partial charge in [0.05, 0.1) is 18.8 Å². The van der Waals surface area contributed by atoms with Gasteiger partial charge < -0.3 is 15.2 Å². The molecule has 1 atom stereocenters. The van der Waals surface area contributed by atoms with Crippen molar-refractivity contribution in [1.82, 2.24) is 20.3 Å². The average Bonchev–Trinajstić information content (AvgIpc) is 2.95. The molecule has 104 valence electrons. The Labute approximate surface area is 109 Å². The Hall–Kier alpha value is -2.12.